The van der Waals surface area contributed by atoms with Crippen LogP contribution in [0.4, 0.5) is 0 Å². The molecule has 3 fully saturated rings. The summed E-state index contributed by atoms with van der Waals surface area (Å²) >= 11 is 0. The van der Waals surface area contributed by atoms with E-state index in [1.54, 1.807) is 0 Å². The van der Waals surface area contributed by atoms with E-state index < -0.39 is 0 Å². The highest BCUT2D eigenvalue weighted by atomic mass is 16.5. The number of aryl methyl sites for hydroxylation is 1. The number of fused-ring (bicyclic) bond motifs is 1. The van der Waals surface area contributed by atoms with Gasteiger partial charge in [0.2, 0.25) is 0 Å². The van der Waals surface area contributed by atoms with E-state index in [4.69, 9.17) is 15.5 Å². The number of carbonyl (C=O) groups is 1. The zero-order valence-electron chi connectivity index (χ0n) is 20.3. The molecule has 2 saturated heterocycles. The number of ether oxygens (including phenoxy) is 1. The molecule has 5 aliphatic rings. The molecule has 3 aliphatic heterocycles. The van der Waals surface area contributed by atoms with Gasteiger partial charge >= 0.3 is 0 Å². The Morgan fingerprint density at radius 1 is 1.23 bits per heavy atom. The fourth-order valence-electron chi connectivity index (χ4n) is 6.33. The molecule has 7 heteroatoms. The monoisotopic (exact) mass is 471 g/mol. The van der Waals surface area contributed by atoms with E-state index in [1.165, 1.54) is 35.0 Å². The second-order valence-electron chi connectivity index (χ2n) is 10.8. The summed E-state index contributed by atoms with van der Waals surface area (Å²) in [6, 6.07) is 8.85. The van der Waals surface area contributed by atoms with Gasteiger partial charge in [0.1, 0.15) is 24.2 Å². The zero-order chi connectivity index (χ0) is 23.7. The molecule has 4 heterocycles. The number of amides is 1. The summed E-state index contributed by atoms with van der Waals surface area (Å²) in [6.45, 7) is 6.04. The first-order chi connectivity index (χ1) is 17.1. The van der Waals surface area contributed by atoms with Gasteiger partial charge in [0.15, 0.2) is 0 Å². The van der Waals surface area contributed by atoms with Crippen LogP contribution in [-0.2, 0) is 16.1 Å². The first-order valence-corrected chi connectivity index (χ1v) is 13.1. The van der Waals surface area contributed by atoms with Gasteiger partial charge in [0.25, 0.3) is 5.91 Å². The minimum absolute atomic E-state index is 0.0346. The zero-order valence-corrected chi connectivity index (χ0v) is 20.3. The van der Waals surface area contributed by atoms with Crippen LogP contribution in [0.25, 0.3) is 10.9 Å². The van der Waals surface area contributed by atoms with Gasteiger partial charge in [0.05, 0.1) is 23.8 Å². The smallest absolute Gasteiger partial charge is 0.253 e. The summed E-state index contributed by atoms with van der Waals surface area (Å²) < 4.78 is 8.62. The van der Waals surface area contributed by atoms with E-state index in [0.29, 0.717) is 18.7 Å². The number of likely N-dealkylation sites (tertiary alicyclic amines) is 1. The van der Waals surface area contributed by atoms with E-state index in [2.05, 4.69) is 46.7 Å². The minimum atomic E-state index is -0.115. The number of para-hydroxylation sites is 1. The van der Waals surface area contributed by atoms with Gasteiger partial charge in [-0.25, -0.2) is 0 Å². The van der Waals surface area contributed by atoms with E-state index in [1.807, 2.05) is 11.0 Å². The number of morpholine rings is 1. The third-order valence-electron chi connectivity index (χ3n) is 8.22. The van der Waals surface area contributed by atoms with E-state index in [0.717, 1.165) is 50.0 Å². The van der Waals surface area contributed by atoms with Crippen molar-refractivity contribution in [1.82, 2.24) is 14.4 Å². The van der Waals surface area contributed by atoms with Gasteiger partial charge in [-0.3, -0.25) is 9.79 Å². The lowest BCUT2D eigenvalue weighted by Gasteiger charge is -2.38. The van der Waals surface area contributed by atoms with Gasteiger partial charge < -0.3 is 24.8 Å². The van der Waals surface area contributed by atoms with Crippen molar-refractivity contribution in [3.63, 3.8) is 0 Å². The maximum atomic E-state index is 13.4. The third kappa shape index (κ3) is 3.51. The van der Waals surface area contributed by atoms with Crippen molar-refractivity contribution >= 4 is 22.6 Å². The Kier molecular flexibility index (Phi) is 4.85. The lowest BCUT2D eigenvalue weighted by Crippen LogP contribution is -2.49. The van der Waals surface area contributed by atoms with Crippen LogP contribution in [0, 0.1) is 12.8 Å². The summed E-state index contributed by atoms with van der Waals surface area (Å²) in [5.74, 6) is 2.71. The van der Waals surface area contributed by atoms with Crippen LogP contribution in [0.2, 0.25) is 0 Å². The molecule has 1 saturated carbocycles. The van der Waals surface area contributed by atoms with E-state index >= 15 is 0 Å². The molecule has 2 aliphatic carbocycles. The number of hydrogen-bond acceptors (Lipinski definition) is 5. The number of aromatic nitrogens is 1. The first-order valence-electron chi connectivity index (χ1n) is 13.1. The highest BCUT2D eigenvalue weighted by molar-refractivity contribution is 6.05. The van der Waals surface area contributed by atoms with Crippen LogP contribution in [0.1, 0.15) is 36.9 Å². The molecule has 2 aromatic rings. The molecule has 182 valence electrons. The maximum Gasteiger partial charge on any atom is 0.253 e. The van der Waals surface area contributed by atoms with Gasteiger partial charge in [-0.15, -0.1) is 0 Å². The molecular weight excluding hydrogens is 438 g/mol. The summed E-state index contributed by atoms with van der Waals surface area (Å²) in [4.78, 5) is 22.9. The van der Waals surface area contributed by atoms with Crippen molar-refractivity contribution in [2.24, 2.45) is 16.6 Å². The number of benzene rings is 1. The summed E-state index contributed by atoms with van der Waals surface area (Å²) in [7, 11) is 0. The Labute approximate surface area is 205 Å². The lowest BCUT2D eigenvalue weighted by molar-refractivity contribution is -0.128. The SMILES string of the molecule is Cc1cccc2cc(C3=NC4C=C(C(=O)N5CCC[C@@H](N)C5)C=C5OCCN3C54)n(CC3CC3)c12. The third-order valence-corrected chi connectivity index (χ3v) is 8.22. The summed E-state index contributed by atoms with van der Waals surface area (Å²) in [5, 5.41) is 1.27. The number of carbonyl (C=O) groups excluding carboxylic acids is 1. The fraction of sp³-hybridized carbons (Fsp3) is 0.500. The fourth-order valence-corrected chi connectivity index (χ4v) is 6.33. The standard InChI is InChI=1S/C28H33N5O2/c1-17-4-2-5-19-13-23(33(25(17)19)15-18-7-8-18)27-30-22-12-20(14-24-26(22)32(27)10-11-35-24)28(34)31-9-3-6-21(29)16-31/h2,4-5,12-14,18,21-22,26H,3,6-11,15-16,29H2,1H3/t21-,22?,26?/m1/s1. The van der Waals surface area contributed by atoms with Crippen LogP contribution in [0.3, 0.4) is 0 Å². The molecule has 2 N–H and O–H groups in total. The molecular formula is C28H33N5O2. The summed E-state index contributed by atoms with van der Waals surface area (Å²) in [5.41, 5.74) is 10.7. The van der Waals surface area contributed by atoms with E-state index in [9.17, 15) is 4.79 Å². The second-order valence-corrected chi connectivity index (χ2v) is 10.8. The molecule has 1 aromatic carbocycles. The summed E-state index contributed by atoms with van der Waals surface area (Å²) in [6.07, 6.45) is 8.57. The Bertz CT molecular complexity index is 1300. The Balaban J connectivity index is 1.29. The van der Waals surface area contributed by atoms with Crippen molar-refractivity contribution in [1.29, 1.82) is 0 Å². The Hall–Kier alpha value is -3.06. The Morgan fingerprint density at radius 3 is 2.94 bits per heavy atom. The van der Waals surface area contributed by atoms with Gasteiger partial charge in [0, 0.05) is 36.6 Å². The molecule has 7 rings (SSSR count). The molecule has 1 amide bonds. The van der Waals surface area contributed by atoms with Crippen molar-refractivity contribution in [2.75, 3.05) is 26.2 Å². The van der Waals surface area contributed by atoms with Gasteiger partial charge in [-0.2, -0.15) is 0 Å². The van der Waals surface area contributed by atoms with Gasteiger partial charge in [-0.05, 0) is 62.3 Å². The number of aliphatic imine (C=N–C) groups is 1. The van der Waals surface area contributed by atoms with Crippen molar-refractivity contribution in [3.8, 4) is 0 Å². The molecule has 7 nitrogen and oxygen atoms in total. The van der Waals surface area contributed by atoms with E-state index in [-0.39, 0.29) is 24.0 Å². The van der Waals surface area contributed by atoms with Crippen molar-refractivity contribution in [3.05, 3.63) is 59.0 Å². The van der Waals surface area contributed by atoms with Gasteiger partial charge in [-0.1, -0.05) is 18.2 Å². The molecule has 0 spiro atoms. The average molecular weight is 472 g/mol. The van der Waals surface area contributed by atoms with Crippen molar-refractivity contribution in [2.45, 2.75) is 57.3 Å². The predicted octanol–water partition coefficient (Wildman–Crippen LogP) is 2.96. The minimum Gasteiger partial charge on any atom is -0.494 e. The number of hydrogen-bond donors (Lipinski definition) is 1. The second kappa shape index (κ2) is 7.98. The first kappa shape index (κ1) is 21.2. The molecule has 35 heavy (non-hydrogen) atoms. The van der Waals surface area contributed by atoms with Crippen LogP contribution in [0.15, 0.2) is 52.7 Å². The quantitative estimate of drug-likeness (QED) is 0.744. The molecule has 2 unspecified atom stereocenters. The maximum absolute atomic E-state index is 13.4. The number of nitrogens with two attached hydrogens (primary N) is 1. The van der Waals surface area contributed by atoms with Crippen molar-refractivity contribution < 1.29 is 9.53 Å². The number of nitrogens with zero attached hydrogens (tertiary/aromatic N) is 4. The largest absolute Gasteiger partial charge is 0.494 e. The average Bonchev–Trinajstić information content (AvgIpc) is 3.50. The van der Waals surface area contributed by atoms with Crippen LogP contribution < -0.4 is 5.73 Å². The molecule has 0 bridgehead atoms. The normalized spacial score (nSPS) is 27.8. The molecule has 3 atom stereocenters. The highest BCUT2D eigenvalue weighted by Gasteiger charge is 2.45. The van der Waals surface area contributed by atoms with Crippen LogP contribution in [-0.4, -0.2) is 70.5 Å². The number of amidine groups is 1. The van der Waals surface area contributed by atoms with Crippen LogP contribution >= 0.6 is 0 Å². The molecule has 1 aromatic heterocycles. The predicted molar refractivity (Wildman–Crippen MR) is 136 cm³/mol. The highest BCUT2D eigenvalue weighted by Crippen LogP contribution is 2.39. The lowest BCUT2D eigenvalue weighted by atomic mass is 9.94. The number of piperidine rings is 1. The topological polar surface area (TPSA) is 76.1 Å². The van der Waals surface area contributed by atoms with Crippen LogP contribution in [0.5, 0.6) is 0 Å². The Morgan fingerprint density at radius 2 is 2.11 bits per heavy atom. The molecule has 0 radical (unpaired) electrons. The number of rotatable bonds is 4.